The van der Waals surface area contributed by atoms with Crippen LogP contribution in [-0.2, 0) is 4.79 Å². The minimum atomic E-state index is -0.459. The Hall–Kier alpha value is -3.93. The predicted molar refractivity (Wildman–Crippen MR) is 125 cm³/mol. The second-order valence-electron chi connectivity index (χ2n) is 7.92. The predicted octanol–water partition coefficient (Wildman–Crippen LogP) is 4.67. The first-order chi connectivity index (χ1) is 15.7. The minimum absolute atomic E-state index is 0.0198. The Morgan fingerprint density at radius 1 is 0.969 bits per heavy atom. The van der Waals surface area contributed by atoms with E-state index in [4.69, 9.17) is 4.42 Å². The molecule has 1 aliphatic heterocycles. The second kappa shape index (κ2) is 8.67. The molecule has 160 valence electrons. The maximum Gasteiger partial charge on any atom is 0.345 e. The molecular weight excluding hydrogens is 402 g/mol. The molecule has 6 heteroatoms. The topological polar surface area (TPSA) is 68.3 Å². The molecule has 32 heavy (non-hydrogen) atoms. The van der Waals surface area contributed by atoms with E-state index in [-0.39, 0.29) is 5.91 Å². The molecule has 1 aliphatic rings. The first-order valence-electron chi connectivity index (χ1n) is 10.8. The van der Waals surface area contributed by atoms with Crippen molar-refractivity contribution in [2.45, 2.75) is 19.3 Å². The zero-order chi connectivity index (χ0) is 21.9. The molecule has 1 saturated heterocycles. The van der Waals surface area contributed by atoms with Crippen LogP contribution in [0.2, 0.25) is 0 Å². The van der Waals surface area contributed by atoms with E-state index in [1.54, 1.807) is 29.0 Å². The quantitative estimate of drug-likeness (QED) is 0.352. The SMILES string of the molecule is O=C(/C=C/c1cn(-c2ccccc2)nc1-c1cc2ccccc2oc1=O)N1CCCCC1. The van der Waals surface area contributed by atoms with E-state index in [2.05, 4.69) is 5.10 Å². The van der Waals surface area contributed by atoms with E-state index in [1.165, 1.54) is 6.42 Å². The number of likely N-dealkylation sites (tertiary alicyclic amines) is 1. The first kappa shape index (κ1) is 20.0. The number of nitrogens with zero attached hydrogens (tertiary/aromatic N) is 3. The molecule has 6 nitrogen and oxygen atoms in total. The van der Waals surface area contributed by atoms with Crippen molar-refractivity contribution in [3.05, 3.63) is 88.9 Å². The molecule has 0 aliphatic carbocycles. The first-order valence-corrected chi connectivity index (χ1v) is 10.8. The number of hydrogen-bond acceptors (Lipinski definition) is 4. The zero-order valence-corrected chi connectivity index (χ0v) is 17.6. The van der Waals surface area contributed by atoms with E-state index in [0.717, 1.165) is 37.0 Å². The third-order valence-corrected chi connectivity index (χ3v) is 5.73. The van der Waals surface area contributed by atoms with E-state index in [9.17, 15) is 9.59 Å². The Balaban J connectivity index is 1.59. The van der Waals surface area contributed by atoms with Gasteiger partial charge in [-0.25, -0.2) is 9.48 Å². The van der Waals surface area contributed by atoms with Gasteiger partial charge in [-0.3, -0.25) is 4.79 Å². The summed E-state index contributed by atoms with van der Waals surface area (Å²) in [6.07, 6.45) is 8.39. The van der Waals surface area contributed by atoms with Crippen LogP contribution >= 0.6 is 0 Å². The lowest BCUT2D eigenvalue weighted by molar-refractivity contribution is -0.126. The molecule has 4 aromatic rings. The Labute approximate surface area is 185 Å². The fourth-order valence-corrected chi connectivity index (χ4v) is 4.04. The van der Waals surface area contributed by atoms with E-state index in [0.29, 0.717) is 22.4 Å². The molecule has 0 unspecified atom stereocenters. The highest BCUT2D eigenvalue weighted by atomic mass is 16.4. The maximum absolute atomic E-state index is 12.8. The van der Waals surface area contributed by atoms with Crippen molar-refractivity contribution in [2.75, 3.05) is 13.1 Å². The molecule has 0 spiro atoms. The second-order valence-corrected chi connectivity index (χ2v) is 7.92. The highest BCUT2D eigenvalue weighted by Gasteiger charge is 2.18. The zero-order valence-electron chi connectivity index (χ0n) is 17.6. The average Bonchev–Trinajstić information content (AvgIpc) is 3.27. The molecule has 0 bridgehead atoms. The monoisotopic (exact) mass is 425 g/mol. The lowest BCUT2D eigenvalue weighted by Gasteiger charge is -2.25. The summed E-state index contributed by atoms with van der Waals surface area (Å²) < 4.78 is 7.25. The molecule has 1 fully saturated rings. The molecule has 1 amide bonds. The number of aromatic nitrogens is 2. The molecule has 5 rings (SSSR count). The normalized spacial score (nSPS) is 14.3. The minimum Gasteiger partial charge on any atom is -0.422 e. The van der Waals surface area contributed by atoms with Crippen LogP contribution in [0, 0.1) is 0 Å². The fraction of sp³-hybridized carbons (Fsp3) is 0.192. The molecule has 2 aromatic carbocycles. The van der Waals surface area contributed by atoms with Crippen molar-refractivity contribution < 1.29 is 9.21 Å². The number of fused-ring (bicyclic) bond motifs is 1. The number of benzene rings is 2. The fourth-order valence-electron chi connectivity index (χ4n) is 4.04. The van der Waals surface area contributed by atoms with Crippen molar-refractivity contribution in [1.82, 2.24) is 14.7 Å². The van der Waals surface area contributed by atoms with Crippen molar-refractivity contribution in [3.63, 3.8) is 0 Å². The standard InChI is InChI=1S/C26H23N3O3/c30-24(28-15-7-2-8-16-28)14-13-20-18-29(21-10-3-1-4-11-21)27-25(20)22-17-19-9-5-6-12-23(19)32-26(22)31/h1,3-6,9-14,17-18H,2,7-8,15-16H2/b14-13+. The van der Waals surface area contributed by atoms with Crippen LogP contribution in [0.5, 0.6) is 0 Å². The van der Waals surface area contributed by atoms with Gasteiger partial charge in [0, 0.05) is 36.3 Å². The van der Waals surface area contributed by atoms with Gasteiger partial charge >= 0.3 is 5.63 Å². The van der Waals surface area contributed by atoms with Crippen LogP contribution in [0.3, 0.4) is 0 Å². The number of rotatable bonds is 4. The maximum atomic E-state index is 12.8. The van der Waals surface area contributed by atoms with Gasteiger partial charge < -0.3 is 9.32 Å². The summed E-state index contributed by atoms with van der Waals surface area (Å²) in [6, 6.07) is 18.8. The smallest absolute Gasteiger partial charge is 0.345 e. The Morgan fingerprint density at radius 3 is 2.53 bits per heavy atom. The molecular formula is C26H23N3O3. The van der Waals surface area contributed by atoms with E-state index >= 15 is 0 Å². The van der Waals surface area contributed by atoms with E-state index in [1.807, 2.05) is 59.6 Å². The summed E-state index contributed by atoms with van der Waals surface area (Å²) in [4.78, 5) is 27.3. The van der Waals surface area contributed by atoms with Crippen molar-refractivity contribution in [3.8, 4) is 16.9 Å². The van der Waals surface area contributed by atoms with Gasteiger partial charge in [-0.05, 0) is 49.6 Å². The summed E-state index contributed by atoms with van der Waals surface area (Å²) in [5.74, 6) is -0.0198. The lowest BCUT2D eigenvalue weighted by atomic mass is 10.1. The van der Waals surface area contributed by atoms with Gasteiger partial charge in [0.15, 0.2) is 0 Å². The molecule has 3 heterocycles. The highest BCUT2D eigenvalue weighted by molar-refractivity contribution is 5.93. The third kappa shape index (κ3) is 3.99. The van der Waals surface area contributed by atoms with Crippen LogP contribution in [0.4, 0.5) is 0 Å². The van der Waals surface area contributed by atoms with Gasteiger partial charge in [0.25, 0.3) is 0 Å². The average molecular weight is 425 g/mol. The van der Waals surface area contributed by atoms with Crippen molar-refractivity contribution in [1.29, 1.82) is 0 Å². The van der Waals surface area contributed by atoms with Crippen molar-refractivity contribution >= 4 is 23.0 Å². The summed E-state index contributed by atoms with van der Waals surface area (Å²) in [7, 11) is 0. The summed E-state index contributed by atoms with van der Waals surface area (Å²) in [5.41, 5.74) is 2.46. The third-order valence-electron chi connectivity index (χ3n) is 5.73. The lowest BCUT2D eigenvalue weighted by Crippen LogP contribution is -2.34. The largest absolute Gasteiger partial charge is 0.422 e. The van der Waals surface area contributed by atoms with E-state index < -0.39 is 5.63 Å². The van der Waals surface area contributed by atoms with Gasteiger partial charge in [0.2, 0.25) is 5.91 Å². The van der Waals surface area contributed by atoms with Crippen LogP contribution < -0.4 is 5.63 Å². The Bertz CT molecular complexity index is 1350. The van der Waals surface area contributed by atoms with Gasteiger partial charge in [-0.15, -0.1) is 0 Å². The highest BCUT2D eigenvalue weighted by Crippen LogP contribution is 2.25. The number of para-hydroxylation sites is 2. The number of hydrogen-bond donors (Lipinski definition) is 0. The summed E-state index contributed by atoms with van der Waals surface area (Å²) in [5, 5.41) is 5.50. The van der Waals surface area contributed by atoms with Gasteiger partial charge in [-0.2, -0.15) is 5.10 Å². The molecule has 0 radical (unpaired) electrons. The molecule has 2 aromatic heterocycles. The van der Waals surface area contributed by atoms with Gasteiger partial charge in [-0.1, -0.05) is 36.4 Å². The van der Waals surface area contributed by atoms with Crippen LogP contribution in [-0.4, -0.2) is 33.7 Å². The molecule has 0 saturated carbocycles. The Morgan fingerprint density at radius 2 is 1.72 bits per heavy atom. The summed E-state index contributed by atoms with van der Waals surface area (Å²) in [6.45, 7) is 1.57. The van der Waals surface area contributed by atoms with Crippen LogP contribution in [0.1, 0.15) is 24.8 Å². The number of carbonyl (C=O) groups is 1. The van der Waals surface area contributed by atoms with Gasteiger partial charge in [0.1, 0.15) is 11.3 Å². The van der Waals surface area contributed by atoms with Gasteiger partial charge in [0.05, 0.1) is 11.3 Å². The molecule has 0 N–H and O–H groups in total. The Kier molecular flexibility index (Phi) is 5.42. The number of amides is 1. The van der Waals surface area contributed by atoms with Crippen LogP contribution in [0.15, 0.2) is 82.1 Å². The number of carbonyl (C=O) groups excluding carboxylic acids is 1. The van der Waals surface area contributed by atoms with Crippen LogP contribution in [0.25, 0.3) is 34.0 Å². The summed E-state index contributed by atoms with van der Waals surface area (Å²) >= 11 is 0. The van der Waals surface area contributed by atoms with Crippen molar-refractivity contribution in [2.24, 2.45) is 0 Å². The number of piperidine rings is 1. The molecule has 0 atom stereocenters.